The zero-order valence-electron chi connectivity index (χ0n) is 12.3. The van der Waals surface area contributed by atoms with Crippen LogP contribution in [0.15, 0.2) is 65.7 Å². The molecular formula is C17H12F2N2O2S. The number of ether oxygens (including phenoxy) is 2. The first-order chi connectivity index (χ1) is 11.6. The molecule has 0 spiro atoms. The highest BCUT2D eigenvalue weighted by Crippen LogP contribution is 2.46. The number of benzene rings is 2. The lowest BCUT2D eigenvalue weighted by Gasteiger charge is -2.08. The van der Waals surface area contributed by atoms with Crippen LogP contribution in [0.3, 0.4) is 0 Å². The number of aromatic amines is 1. The van der Waals surface area contributed by atoms with Gasteiger partial charge >= 0.3 is 6.29 Å². The molecule has 7 heteroatoms. The van der Waals surface area contributed by atoms with Gasteiger partial charge in [-0.2, -0.15) is 0 Å². The molecule has 0 fully saturated rings. The van der Waals surface area contributed by atoms with Crippen LogP contribution in [0.1, 0.15) is 0 Å². The minimum absolute atomic E-state index is 0.00817. The molecule has 0 saturated heterocycles. The second-order valence-electron chi connectivity index (χ2n) is 5.12. The zero-order valence-corrected chi connectivity index (χ0v) is 13.1. The predicted molar refractivity (Wildman–Crippen MR) is 88.4 cm³/mol. The maximum Gasteiger partial charge on any atom is 0.586 e. The molecule has 1 aliphatic rings. The minimum Gasteiger partial charge on any atom is -0.395 e. The largest absolute Gasteiger partial charge is 0.586 e. The van der Waals surface area contributed by atoms with E-state index in [2.05, 4.69) is 19.2 Å². The molecule has 24 heavy (non-hydrogen) atoms. The maximum absolute atomic E-state index is 13.2. The molecule has 1 aliphatic heterocycles. The fourth-order valence-corrected chi connectivity index (χ4v) is 3.06. The molecule has 0 bridgehead atoms. The Morgan fingerprint density at radius 1 is 1.00 bits per heavy atom. The lowest BCUT2D eigenvalue weighted by atomic mass is 10.2. The summed E-state index contributed by atoms with van der Waals surface area (Å²) in [6.07, 6.45) is -1.78. The van der Waals surface area contributed by atoms with Crippen molar-refractivity contribution in [3.8, 4) is 22.8 Å². The van der Waals surface area contributed by atoms with Gasteiger partial charge in [-0.25, -0.2) is 0 Å². The quantitative estimate of drug-likeness (QED) is 0.644. The Kier molecular flexibility index (Phi) is 3.57. The Morgan fingerprint density at radius 2 is 1.83 bits per heavy atom. The van der Waals surface area contributed by atoms with Crippen molar-refractivity contribution < 1.29 is 18.3 Å². The molecule has 2 N–H and O–H groups in total. The van der Waals surface area contributed by atoms with E-state index in [9.17, 15) is 8.78 Å². The van der Waals surface area contributed by atoms with Gasteiger partial charge in [-0.05, 0) is 35.7 Å². The van der Waals surface area contributed by atoms with Crippen molar-refractivity contribution in [2.24, 2.45) is 0 Å². The van der Waals surface area contributed by atoms with E-state index in [-0.39, 0.29) is 11.5 Å². The van der Waals surface area contributed by atoms with Crippen LogP contribution in [-0.4, -0.2) is 11.3 Å². The summed E-state index contributed by atoms with van der Waals surface area (Å²) < 4.78 is 38.4. The van der Waals surface area contributed by atoms with Crippen molar-refractivity contribution in [1.29, 1.82) is 0 Å². The van der Waals surface area contributed by atoms with Crippen molar-refractivity contribution in [2.45, 2.75) is 11.2 Å². The van der Waals surface area contributed by atoms with E-state index in [0.29, 0.717) is 5.69 Å². The standard InChI is InChI=1S/C17H12F2N2O2S/c18-17(19)22-15-8-4-7-13(16(15)23-17)21-24-12-9-14(20-10-12)11-5-2-1-3-6-11/h1-10,20-21H. The number of aromatic nitrogens is 1. The highest BCUT2D eigenvalue weighted by molar-refractivity contribution is 8.00. The first kappa shape index (κ1) is 14.9. The first-order valence-electron chi connectivity index (χ1n) is 7.16. The van der Waals surface area contributed by atoms with Gasteiger partial charge in [-0.15, -0.1) is 8.78 Å². The number of halogens is 2. The minimum atomic E-state index is -3.63. The molecule has 2 heterocycles. The van der Waals surface area contributed by atoms with Crippen LogP contribution in [-0.2, 0) is 0 Å². The Bertz CT molecular complexity index is 868. The average Bonchev–Trinajstić information content (AvgIpc) is 3.16. The third-order valence-corrected chi connectivity index (χ3v) is 4.24. The fourth-order valence-electron chi connectivity index (χ4n) is 2.38. The smallest absolute Gasteiger partial charge is 0.395 e. The summed E-state index contributed by atoms with van der Waals surface area (Å²) in [6, 6.07) is 16.6. The lowest BCUT2D eigenvalue weighted by molar-refractivity contribution is -0.286. The highest BCUT2D eigenvalue weighted by atomic mass is 32.2. The second kappa shape index (κ2) is 5.76. The summed E-state index contributed by atoms with van der Waals surface area (Å²) in [6.45, 7) is 0. The Hall–Kier alpha value is -2.67. The van der Waals surface area contributed by atoms with Gasteiger partial charge in [-0.1, -0.05) is 36.4 Å². The van der Waals surface area contributed by atoms with Crippen molar-refractivity contribution in [1.82, 2.24) is 4.98 Å². The Labute approximate surface area is 140 Å². The Morgan fingerprint density at radius 3 is 2.67 bits per heavy atom. The summed E-state index contributed by atoms with van der Waals surface area (Å²) in [4.78, 5) is 4.10. The van der Waals surface area contributed by atoms with E-state index in [1.54, 1.807) is 12.1 Å². The van der Waals surface area contributed by atoms with E-state index >= 15 is 0 Å². The zero-order chi connectivity index (χ0) is 16.6. The second-order valence-corrected chi connectivity index (χ2v) is 6.00. The highest BCUT2D eigenvalue weighted by Gasteiger charge is 2.44. The lowest BCUT2D eigenvalue weighted by Crippen LogP contribution is -2.26. The van der Waals surface area contributed by atoms with Crippen molar-refractivity contribution >= 4 is 17.6 Å². The van der Waals surface area contributed by atoms with Crippen molar-refractivity contribution in [2.75, 3.05) is 4.72 Å². The Balaban J connectivity index is 1.49. The van der Waals surface area contributed by atoms with Crippen molar-refractivity contribution in [3.05, 3.63) is 60.8 Å². The van der Waals surface area contributed by atoms with Gasteiger partial charge in [-0.3, -0.25) is 0 Å². The van der Waals surface area contributed by atoms with Gasteiger partial charge in [0.05, 0.1) is 5.69 Å². The normalized spacial score (nSPS) is 14.6. The van der Waals surface area contributed by atoms with Crippen LogP contribution in [0.4, 0.5) is 14.5 Å². The number of H-pyrrole nitrogens is 1. The average molecular weight is 346 g/mol. The third-order valence-electron chi connectivity index (χ3n) is 3.45. The van der Waals surface area contributed by atoms with Crippen LogP contribution in [0.25, 0.3) is 11.3 Å². The number of anilines is 1. The van der Waals surface area contributed by atoms with Gasteiger partial charge in [0, 0.05) is 16.8 Å². The fraction of sp³-hybridized carbons (Fsp3) is 0.0588. The van der Waals surface area contributed by atoms with Gasteiger partial charge in [0.2, 0.25) is 0 Å². The number of para-hydroxylation sites is 1. The number of alkyl halides is 2. The van der Waals surface area contributed by atoms with Crippen LogP contribution >= 0.6 is 11.9 Å². The van der Waals surface area contributed by atoms with E-state index < -0.39 is 6.29 Å². The van der Waals surface area contributed by atoms with Crippen LogP contribution in [0.2, 0.25) is 0 Å². The molecule has 1 aromatic heterocycles. The van der Waals surface area contributed by atoms with Gasteiger partial charge in [0.25, 0.3) is 0 Å². The van der Waals surface area contributed by atoms with Gasteiger partial charge in [0.15, 0.2) is 11.5 Å². The number of nitrogens with one attached hydrogen (secondary N) is 2. The number of fused-ring (bicyclic) bond motifs is 1. The van der Waals surface area contributed by atoms with E-state index in [4.69, 9.17) is 0 Å². The molecule has 122 valence electrons. The third kappa shape index (κ3) is 2.90. The molecule has 0 unspecified atom stereocenters. The number of hydrogen-bond acceptors (Lipinski definition) is 4. The van der Waals surface area contributed by atoms with Gasteiger partial charge in [0.1, 0.15) is 0 Å². The molecule has 0 aliphatic carbocycles. The summed E-state index contributed by atoms with van der Waals surface area (Å²) in [5.74, 6) is 0.0264. The summed E-state index contributed by atoms with van der Waals surface area (Å²) in [7, 11) is 0. The predicted octanol–water partition coefficient (Wildman–Crippen LogP) is 5.12. The first-order valence-corrected chi connectivity index (χ1v) is 7.98. The van der Waals surface area contributed by atoms with Gasteiger partial charge < -0.3 is 19.2 Å². The monoisotopic (exact) mass is 346 g/mol. The number of rotatable bonds is 4. The van der Waals surface area contributed by atoms with E-state index in [0.717, 1.165) is 16.2 Å². The topological polar surface area (TPSA) is 46.3 Å². The van der Waals surface area contributed by atoms with E-state index in [1.165, 1.54) is 18.0 Å². The summed E-state index contributed by atoms with van der Waals surface area (Å²) in [5, 5.41) is 0. The van der Waals surface area contributed by atoms with E-state index in [1.807, 2.05) is 42.6 Å². The molecule has 0 amide bonds. The summed E-state index contributed by atoms with van der Waals surface area (Å²) >= 11 is 1.29. The maximum atomic E-state index is 13.2. The molecule has 0 radical (unpaired) electrons. The molecule has 4 nitrogen and oxygen atoms in total. The molecule has 3 aromatic rings. The van der Waals surface area contributed by atoms with Crippen LogP contribution in [0, 0.1) is 0 Å². The van der Waals surface area contributed by atoms with Crippen LogP contribution in [0.5, 0.6) is 11.5 Å². The SMILES string of the molecule is FC1(F)Oc2cccc(NSc3c[nH]c(-c4ccccc4)c3)c2O1. The summed E-state index contributed by atoms with van der Waals surface area (Å²) in [5.41, 5.74) is 2.47. The molecular weight excluding hydrogens is 334 g/mol. The molecule has 0 saturated carbocycles. The molecule has 2 aromatic carbocycles. The van der Waals surface area contributed by atoms with Crippen LogP contribution < -0.4 is 14.2 Å². The number of hydrogen-bond donors (Lipinski definition) is 2. The molecule has 4 rings (SSSR count). The van der Waals surface area contributed by atoms with Crippen molar-refractivity contribution in [3.63, 3.8) is 0 Å². The molecule has 0 atom stereocenters.